The fraction of sp³-hybridized carbons (Fsp3) is 0.208. The molecule has 8 nitrogen and oxygen atoms in total. The number of halogens is 1. The maximum atomic E-state index is 13.0. The Labute approximate surface area is 190 Å². The molecule has 0 bridgehead atoms. The van der Waals surface area contributed by atoms with E-state index in [2.05, 4.69) is 15.6 Å². The number of ether oxygens (including phenoxy) is 1. The molecule has 3 rings (SSSR count). The Morgan fingerprint density at radius 3 is 2.21 bits per heavy atom. The SMILES string of the molecule is CC(C)(O)C(=O)N[C@@H](CO)C(=O)Nc1cccc(-c2ccc(Oc3ccc(F)cc3)cc2)n1. The van der Waals surface area contributed by atoms with E-state index < -0.39 is 30.1 Å². The number of aliphatic hydroxyl groups is 2. The topological polar surface area (TPSA) is 121 Å². The number of hydrogen-bond acceptors (Lipinski definition) is 6. The average Bonchev–Trinajstić information content (AvgIpc) is 2.78. The molecule has 0 fully saturated rings. The van der Waals surface area contributed by atoms with E-state index in [0.717, 1.165) is 5.56 Å². The number of aliphatic hydroxyl groups excluding tert-OH is 1. The van der Waals surface area contributed by atoms with Crippen LogP contribution in [0, 0.1) is 5.82 Å². The minimum atomic E-state index is -1.70. The fourth-order valence-electron chi connectivity index (χ4n) is 2.74. The summed E-state index contributed by atoms with van der Waals surface area (Å²) < 4.78 is 18.7. The standard InChI is InChI=1S/C24H24FN3O5/c1-24(2,32)23(31)27-20(14-29)22(30)28-21-5-3-4-19(26-21)15-6-10-17(11-7-15)33-18-12-8-16(25)9-13-18/h3-13,20,29,32H,14H2,1-2H3,(H,27,31)(H,26,28,30)/t20-/m0/s1. The monoisotopic (exact) mass is 453 g/mol. The molecular formula is C24H24FN3O5. The van der Waals surface area contributed by atoms with Crippen molar-refractivity contribution >= 4 is 17.6 Å². The highest BCUT2D eigenvalue weighted by Crippen LogP contribution is 2.25. The molecule has 0 saturated heterocycles. The van der Waals surface area contributed by atoms with Gasteiger partial charge in [-0.05, 0) is 74.5 Å². The molecule has 9 heteroatoms. The van der Waals surface area contributed by atoms with Crippen LogP contribution in [0.25, 0.3) is 11.3 Å². The molecule has 2 aromatic carbocycles. The molecule has 172 valence electrons. The molecule has 0 radical (unpaired) electrons. The first-order chi connectivity index (χ1) is 15.7. The van der Waals surface area contributed by atoms with Gasteiger partial charge in [0.1, 0.15) is 34.8 Å². The summed E-state index contributed by atoms with van der Waals surface area (Å²) in [7, 11) is 0. The zero-order valence-corrected chi connectivity index (χ0v) is 18.1. The van der Waals surface area contributed by atoms with Gasteiger partial charge in [-0.3, -0.25) is 9.59 Å². The number of nitrogens with zero attached hydrogens (tertiary/aromatic N) is 1. The van der Waals surface area contributed by atoms with Gasteiger partial charge in [0, 0.05) is 5.56 Å². The zero-order valence-electron chi connectivity index (χ0n) is 18.1. The predicted molar refractivity (Wildman–Crippen MR) is 120 cm³/mol. The van der Waals surface area contributed by atoms with E-state index in [9.17, 15) is 24.2 Å². The van der Waals surface area contributed by atoms with Crippen LogP contribution in [0.5, 0.6) is 11.5 Å². The number of aromatic nitrogens is 1. The smallest absolute Gasteiger partial charge is 0.252 e. The number of anilines is 1. The molecule has 4 N–H and O–H groups in total. The second kappa shape index (κ2) is 10.2. The Morgan fingerprint density at radius 2 is 1.64 bits per heavy atom. The van der Waals surface area contributed by atoms with Crippen LogP contribution in [0.3, 0.4) is 0 Å². The molecule has 1 aromatic heterocycles. The van der Waals surface area contributed by atoms with E-state index in [0.29, 0.717) is 17.2 Å². The molecular weight excluding hydrogens is 429 g/mol. The average molecular weight is 453 g/mol. The molecule has 0 saturated carbocycles. The van der Waals surface area contributed by atoms with Crippen LogP contribution in [-0.4, -0.2) is 45.3 Å². The highest BCUT2D eigenvalue weighted by molar-refractivity contribution is 5.97. The van der Waals surface area contributed by atoms with Crippen LogP contribution in [0.1, 0.15) is 13.8 Å². The Kier molecular flexibility index (Phi) is 7.37. The van der Waals surface area contributed by atoms with E-state index in [1.807, 2.05) is 0 Å². The quantitative estimate of drug-likeness (QED) is 0.416. The normalized spacial score (nSPS) is 12.0. The van der Waals surface area contributed by atoms with Crippen molar-refractivity contribution in [3.8, 4) is 22.8 Å². The predicted octanol–water partition coefficient (Wildman–Crippen LogP) is 2.87. The largest absolute Gasteiger partial charge is 0.457 e. The molecule has 0 aliphatic carbocycles. The lowest BCUT2D eigenvalue weighted by molar-refractivity contribution is -0.139. The Bertz CT molecular complexity index is 1110. The Balaban J connectivity index is 1.68. The summed E-state index contributed by atoms with van der Waals surface area (Å²) in [6.07, 6.45) is 0. The maximum Gasteiger partial charge on any atom is 0.252 e. The van der Waals surface area contributed by atoms with Gasteiger partial charge in [0.25, 0.3) is 11.8 Å². The number of nitrogens with one attached hydrogen (secondary N) is 2. The lowest BCUT2D eigenvalue weighted by Crippen LogP contribution is -2.52. The number of carbonyl (C=O) groups is 2. The maximum absolute atomic E-state index is 13.0. The molecule has 3 aromatic rings. The van der Waals surface area contributed by atoms with Gasteiger partial charge in [-0.15, -0.1) is 0 Å². The summed E-state index contributed by atoms with van der Waals surface area (Å²) >= 11 is 0. The van der Waals surface area contributed by atoms with Gasteiger partial charge in [-0.2, -0.15) is 0 Å². The van der Waals surface area contributed by atoms with Crippen LogP contribution in [-0.2, 0) is 9.59 Å². The van der Waals surface area contributed by atoms with Crippen LogP contribution < -0.4 is 15.4 Å². The van der Waals surface area contributed by atoms with Gasteiger partial charge < -0.3 is 25.6 Å². The van der Waals surface area contributed by atoms with Crippen molar-refractivity contribution < 1.29 is 28.9 Å². The lowest BCUT2D eigenvalue weighted by atomic mass is 10.1. The van der Waals surface area contributed by atoms with Crippen molar-refractivity contribution in [1.29, 1.82) is 0 Å². The van der Waals surface area contributed by atoms with E-state index in [4.69, 9.17) is 4.74 Å². The number of rotatable bonds is 8. The van der Waals surface area contributed by atoms with Crippen molar-refractivity contribution in [3.63, 3.8) is 0 Å². The van der Waals surface area contributed by atoms with Crippen LogP contribution in [0.2, 0.25) is 0 Å². The highest BCUT2D eigenvalue weighted by Gasteiger charge is 2.29. The number of benzene rings is 2. The third kappa shape index (κ3) is 6.58. The Hall–Kier alpha value is -3.82. The van der Waals surface area contributed by atoms with Gasteiger partial charge >= 0.3 is 0 Å². The molecule has 0 aliphatic rings. The van der Waals surface area contributed by atoms with Gasteiger partial charge in [0.15, 0.2) is 0 Å². The fourth-order valence-corrected chi connectivity index (χ4v) is 2.74. The summed E-state index contributed by atoms with van der Waals surface area (Å²) in [6.45, 7) is 1.90. The van der Waals surface area contributed by atoms with E-state index in [1.54, 1.807) is 42.5 Å². The third-order valence-corrected chi connectivity index (χ3v) is 4.56. The van der Waals surface area contributed by atoms with E-state index in [1.165, 1.54) is 38.1 Å². The van der Waals surface area contributed by atoms with E-state index >= 15 is 0 Å². The minimum Gasteiger partial charge on any atom is -0.457 e. The summed E-state index contributed by atoms with van der Waals surface area (Å²) in [4.78, 5) is 28.7. The summed E-state index contributed by atoms with van der Waals surface area (Å²) in [6, 6.07) is 16.5. The third-order valence-electron chi connectivity index (χ3n) is 4.56. The first-order valence-corrected chi connectivity index (χ1v) is 10.1. The first kappa shape index (κ1) is 23.8. The second-order valence-corrected chi connectivity index (χ2v) is 7.75. The van der Waals surface area contributed by atoms with Crippen molar-refractivity contribution in [2.75, 3.05) is 11.9 Å². The second-order valence-electron chi connectivity index (χ2n) is 7.75. The van der Waals surface area contributed by atoms with Crippen molar-refractivity contribution in [1.82, 2.24) is 10.3 Å². The molecule has 0 unspecified atom stereocenters. The van der Waals surface area contributed by atoms with Gasteiger partial charge in [0.05, 0.1) is 12.3 Å². The summed E-state index contributed by atoms with van der Waals surface area (Å²) in [5.74, 6) is -0.532. The Morgan fingerprint density at radius 1 is 1.03 bits per heavy atom. The van der Waals surface area contributed by atoms with Crippen molar-refractivity contribution in [2.24, 2.45) is 0 Å². The minimum absolute atomic E-state index is 0.222. The van der Waals surface area contributed by atoms with Crippen molar-refractivity contribution in [3.05, 3.63) is 72.5 Å². The molecule has 33 heavy (non-hydrogen) atoms. The van der Waals surface area contributed by atoms with Crippen LogP contribution >= 0.6 is 0 Å². The zero-order chi connectivity index (χ0) is 24.0. The van der Waals surface area contributed by atoms with E-state index in [-0.39, 0.29) is 11.6 Å². The molecule has 1 heterocycles. The highest BCUT2D eigenvalue weighted by atomic mass is 19.1. The number of carbonyl (C=O) groups excluding carboxylic acids is 2. The number of amides is 2. The summed E-state index contributed by atoms with van der Waals surface area (Å²) in [5.41, 5.74) is -0.368. The molecule has 0 aliphatic heterocycles. The first-order valence-electron chi connectivity index (χ1n) is 10.1. The lowest BCUT2D eigenvalue weighted by Gasteiger charge is -2.21. The summed E-state index contributed by atoms with van der Waals surface area (Å²) in [5, 5.41) is 24.0. The number of hydrogen-bond donors (Lipinski definition) is 4. The number of pyridine rings is 1. The molecule has 2 amide bonds. The molecule has 1 atom stereocenters. The van der Waals surface area contributed by atoms with Gasteiger partial charge in [-0.25, -0.2) is 9.37 Å². The van der Waals surface area contributed by atoms with Gasteiger partial charge in [-0.1, -0.05) is 6.07 Å². The van der Waals surface area contributed by atoms with Crippen LogP contribution in [0.4, 0.5) is 10.2 Å². The van der Waals surface area contributed by atoms with Crippen LogP contribution in [0.15, 0.2) is 66.7 Å². The van der Waals surface area contributed by atoms with Gasteiger partial charge in [0.2, 0.25) is 0 Å². The molecule has 0 spiro atoms. The van der Waals surface area contributed by atoms with Crippen molar-refractivity contribution in [2.45, 2.75) is 25.5 Å².